The van der Waals surface area contributed by atoms with Crippen LogP contribution in [0.3, 0.4) is 0 Å². The third kappa shape index (κ3) is 3.81. The van der Waals surface area contributed by atoms with E-state index < -0.39 is 6.04 Å². The molecular formula is C16H24N2O2. The van der Waals surface area contributed by atoms with Crippen molar-refractivity contribution < 1.29 is 9.53 Å². The molecule has 0 radical (unpaired) electrons. The van der Waals surface area contributed by atoms with Gasteiger partial charge in [-0.1, -0.05) is 37.3 Å². The number of piperidine rings is 1. The molecule has 4 nitrogen and oxygen atoms in total. The van der Waals surface area contributed by atoms with E-state index in [1.54, 1.807) is 0 Å². The van der Waals surface area contributed by atoms with Gasteiger partial charge in [0.15, 0.2) is 0 Å². The van der Waals surface area contributed by atoms with Crippen LogP contribution in [-0.4, -0.2) is 36.6 Å². The molecule has 2 atom stereocenters. The average Bonchev–Trinajstić information content (AvgIpc) is 2.52. The van der Waals surface area contributed by atoms with Crippen LogP contribution in [0, 0.1) is 0 Å². The maximum Gasteiger partial charge on any atom is 0.244 e. The van der Waals surface area contributed by atoms with Crippen molar-refractivity contribution in [3.63, 3.8) is 0 Å². The van der Waals surface area contributed by atoms with E-state index in [0.717, 1.165) is 38.0 Å². The molecule has 0 aromatic heterocycles. The summed E-state index contributed by atoms with van der Waals surface area (Å²) in [6, 6.07) is 8.98. The molecule has 4 heteroatoms. The Morgan fingerprint density at radius 2 is 2.20 bits per heavy atom. The van der Waals surface area contributed by atoms with Gasteiger partial charge in [-0.2, -0.15) is 0 Å². The highest BCUT2D eigenvalue weighted by molar-refractivity contribution is 5.83. The van der Waals surface area contributed by atoms with Gasteiger partial charge in [-0.3, -0.25) is 4.79 Å². The largest absolute Gasteiger partial charge is 0.376 e. The van der Waals surface area contributed by atoms with Crippen molar-refractivity contribution in [3.8, 4) is 0 Å². The highest BCUT2D eigenvalue weighted by atomic mass is 16.5. The molecule has 1 aliphatic heterocycles. The first-order valence-corrected chi connectivity index (χ1v) is 7.43. The summed E-state index contributed by atoms with van der Waals surface area (Å²) in [7, 11) is 0. The number of rotatable bonds is 5. The second kappa shape index (κ2) is 7.41. The SMILES string of the molecule is CCCOC1CCCN(C(=O)[C@H](N)c2ccccc2)C1. The van der Waals surface area contributed by atoms with Crippen molar-refractivity contribution in [2.45, 2.75) is 38.3 Å². The molecule has 1 unspecified atom stereocenters. The molecule has 0 saturated carbocycles. The molecule has 1 aromatic carbocycles. The summed E-state index contributed by atoms with van der Waals surface area (Å²) in [4.78, 5) is 14.3. The van der Waals surface area contributed by atoms with Gasteiger partial charge in [-0.25, -0.2) is 0 Å². The number of nitrogens with two attached hydrogens (primary N) is 1. The summed E-state index contributed by atoms with van der Waals surface area (Å²) in [6.07, 6.45) is 3.19. The van der Waals surface area contributed by atoms with Crippen molar-refractivity contribution in [3.05, 3.63) is 35.9 Å². The number of carbonyl (C=O) groups excluding carboxylic acids is 1. The fraction of sp³-hybridized carbons (Fsp3) is 0.562. The third-order valence-corrected chi connectivity index (χ3v) is 3.67. The lowest BCUT2D eigenvalue weighted by molar-refractivity contribution is -0.136. The van der Waals surface area contributed by atoms with Gasteiger partial charge in [0, 0.05) is 19.7 Å². The Bertz CT molecular complexity index is 422. The average molecular weight is 276 g/mol. The highest BCUT2D eigenvalue weighted by Gasteiger charge is 2.27. The van der Waals surface area contributed by atoms with Crippen LogP contribution in [-0.2, 0) is 9.53 Å². The van der Waals surface area contributed by atoms with Crippen LogP contribution in [0.1, 0.15) is 37.8 Å². The van der Waals surface area contributed by atoms with E-state index in [9.17, 15) is 4.79 Å². The maximum absolute atomic E-state index is 12.5. The van der Waals surface area contributed by atoms with Crippen LogP contribution in [0.4, 0.5) is 0 Å². The van der Waals surface area contributed by atoms with E-state index >= 15 is 0 Å². The number of benzene rings is 1. The van der Waals surface area contributed by atoms with Gasteiger partial charge < -0.3 is 15.4 Å². The summed E-state index contributed by atoms with van der Waals surface area (Å²) in [5, 5.41) is 0. The molecule has 2 N–H and O–H groups in total. The molecular weight excluding hydrogens is 252 g/mol. The lowest BCUT2D eigenvalue weighted by Gasteiger charge is -2.34. The van der Waals surface area contributed by atoms with Crippen LogP contribution in [0.15, 0.2) is 30.3 Å². The number of ether oxygens (including phenoxy) is 1. The van der Waals surface area contributed by atoms with Gasteiger partial charge in [0.1, 0.15) is 6.04 Å². The molecule has 1 aromatic rings. The van der Waals surface area contributed by atoms with E-state index in [4.69, 9.17) is 10.5 Å². The molecule has 1 saturated heterocycles. The molecule has 1 aliphatic rings. The van der Waals surface area contributed by atoms with Crippen molar-refractivity contribution >= 4 is 5.91 Å². The van der Waals surface area contributed by atoms with Crippen molar-refractivity contribution in [1.82, 2.24) is 4.90 Å². The summed E-state index contributed by atoms with van der Waals surface area (Å²) in [5.74, 6) is 0.000925. The predicted molar refractivity (Wildman–Crippen MR) is 79.2 cm³/mol. The molecule has 1 heterocycles. The molecule has 0 bridgehead atoms. The smallest absolute Gasteiger partial charge is 0.244 e. The van der Waals surface area contributed by atoms with E-state index in [-0.39, 0.29) is 12.0 Å². The zero-order valence-electron chi connectivity index (χ0n) is 12.1. The Balaban J connectivity index is 1.94. The minimum Gasteiger partial charge on any atom is -0.376 e. The monoisotopic (exact) mass is 276 g/mol. The van der Waals surface area contributed by atoms with E-state index in [0.29, 0.717) is 6.54 Å². The van der Waals surface area contributed by atoms with Crippen LogP contribution >= 0.6 is 0 Å². The first-order chi connectivity index (χ1) is 9.72. The second-order valence-corrected chi connectivity index (χ2v) is 5.31. The molecule has 0 aliphatic carbocycles. The number of carbonyl (C=O) groups is 1. The van der Waals surface area contributed by atoms with Gasteiger partial charge in [0.05, 0.1) is 6.10 Å². The minimum atomic E-state index is -0.568. The highest BCUT2D eigenvalue weighted by Crippen LogP contribution is 2.18. The first-order valence-electron chi connectivity index (χ1n) is 7.43. The number of amides is 1. The molecule has 2 rings (SSSR count). The van der Waals surface area contributed by atoms with Gasteiger partial charge >= 0.3 is 0 Å². The summed E-state index contributed by atoms with van der Waals surface area (Å²) in [6.45, 7) is 4.30. The minimum absolute atomic E-state index is 0.000925. The number of hydrogen-bond acceptors (Lipinski definition) is 3. The standard InChI is InChI=1S/C16H24N2O2/c1-2-11-20-14-9-6-10-18(12-14)16(19)15(17)13-7-4-3-5-8-13/h3-5,7-8,14-15H,2,6,9-12,17H2,1H3/t14?,15-/m1/s1. The van der Waals surface area contributed by atoms with E-state index in [2.05, 4.69) is 6.92 Å². The van der Waals surface area contributed by atoms with Crippen molar-refractivity contribution in [2.75, 3.05) is 19.7 Å². The first kappa shape index (κ1) is 15.0. The van der Waals surface area contributed by atoms with Gasteiger partial charge in [-0.15, -0.1) is 0 Å². The fourth-order valence-corrected chi connectivity index (χ4v) is 2.56. The van der Waals surface area contributed by atoms with Crippen LogP contribution in [0.2, 0.25) is 0 Å². The zero-order valence-corrected chi connectivity index (χ0v) is 12.1. The Hall–Kier alpha value is -1.39. The van der Waals surface area contributed by atoms with Gasteiger partial charge in [-0.05, 0) is 24.8 Å². The molecule has 1 fully saturated rings. The van der Waals surface area contributed by atoms with E-state index in [1.165, 1.54) is 0 Å². The van der Waals surface area contributed by atoms with Crippen LogP contribution < -0.4 is 5.73 Å². The fourth-order valence-electron chi connectivity index (χ4n) is 2.56. The Kier molecular flexibility index (Phi) is 5.56. The summed E-state index contributed by atoms with van der Waals surface area (Å²) < 4.78 is 5.76. The molecule has 1 amide bonds. The van der Waals surface area contributed by atoms with Gasteiger partial charge in [0.2, 0.25) is 5.91 Å². The summed E-state index contributed by atoms with van der Waals surface area (Å²) >= 11 is 0. The van der Waals surface area contributed by atoms with Crippen LogP contribution in [0.5, 0.6) is 0 Å². The Morgan fingerprint density at radius 3 is 2.90 bits per heavy atom. The third-order valence-electron chi connectivity index (χ3n) is 3.67. The second-order valence-electron chi connectivity index (χ2n) is 5.31. The number of hydrogen-bond donors (Lipinski definition) is 1. The van der Waals surface area contributed by atoms with Crippen LogP contribution in [0.25, 0.3) is 0 Å². The Morgan fingerprint density at radius 1 is 1.45 bits per heavy atom. The number of likely N-dealkylation sites (tertiary alicyclic amines) is 1. The normalized spacial score (nSPS) is 20.7. The Labute approximate surface area is 120 Å². The molecule has 110 valence electrons. The maximum atomic E-state index is 12.5. The quantitative estimate of drug-likeness (QED) is 0.896. The van der Waals surface area contributed by atoms with Gasteiger partial charge in [0.25, 0.3) is 0 Å². The number of nitrogens with zero attached hydrogens (tertiary/aromatic N) is 1. The van der Waals surface area contributed by atoms with E-state index in [1.807, 2.05) is 35.2 Å². The lowest BCUT2D eigenvalue weighted by Crippen LogP contribution is -2.46. The zero-order chi connectivity index (χ0) is 14.4. The predicted octanol–water partition coefficient (Wildman–Crippen LogP) is 2.10. The van der Waals surface area contributed by atoms with Crippen molar-refractivity contribution in [2.24, 2.45) is 5.73 Å². The topological polar surface area (TPSA) is 55.6 Å². The van der Waals surface area contributed by atoms with Crippen molar-refractivity contribution in [1.29, 1.82) is 0 Å². The summed E-state index contributed by atoms with van der Waals surface area (Å²) in [5.41, 5.74) is 6.95. The lowest BCUT2D eigenvalue weighted by atomic mass is 10.0. The molecule has 0 spiro atoms. The molecule has 20 heavy (non-hydrogen) atoms.